The number of nitrogens with one attached hydrogen (secondary N) is 1. The van der Waals surface area contributed by atoms with Crippen LogP contribution in [-0.2, 0) is 25.5 Å². The lowest BCUT2D eigenvalue weighted by Gasteiger charge is -2.18. The van der Waals surface area contributed by atoms with Crippen LogP contribution in [-0.4, -0.2) is 43.3 Å². The Hall–Kier alpha value is -3.55. The second-order valence-corrected chi connectivity index (χ2v) is 7.55. The Bertz CT molecular complexity index is 984. The largest absolute Gasteiger partial charge is 0.483 e. The number of esters is 2. The monoisotopic (exact) mass is 427 g/mol. The van der Waals surface area contributed by atoms with Crippen molar-refractivity contribution in [2.75, 3.05) is 25.1 Å². The van der Waals surface area contributed by atoms with Crippen molar-refractivity contribution in [3.05, 3.63) is 53.6 Å². The molecule has 3 rings (SSSR count). The van der Waals surface area contributed by atoms with E-state index < -0.39 is 24.5 Å². The molecule has 164 valence electrons. The van der Waals surface area contributed by atoms with E-state index in [0.29, 0.717) is 11.5 Å². The van der Waals surface area contributed by atoms with Crippen LogP contribution in [0.2, 0.25) is 0 Å². The quantitative estimate of drug-likeness (QED) is 0.646. The number of anilines is 1. The Balaban J connectivity index is 1.50. The smallest absolute Gasteiger partial charge is 0.344 e. The first-order chi connectivity index (χ1) is 14.8. The van der Waals surface area contributed by atoms with Crippen LogP contribution < -0.4 is 14.8 Å². The Morgan fingerprint density at radius 2 is 1.81 bits per heavy atom. The standard InChI is InChI=1S/C23H25NO7/c1-4-28-22(27)16-9-5-6-10-17(16)24-19(25)13-30-20(26)14-29-18-11-7-8-15-12-23(2,3)31-21(15)18/h5-11H,4,12-14H2,1-3H3,(H,24,25). The number of benzene rings is 2. The fourth-order valence-corrected chi connectivity index (χ4v) is 3.19. The minimum Gasteiger partial charge on any atom is -0.483 e. The number of hydrogen-bond donors (Lipinski definition) is 1. The normalized spacial score (nSPS) is 13.5. The van der Waals surface area contributed by atoms with Gasteiger partial charge in [-0.1, -0.05) is 24.3 Å². The first kappa shape index (κ1) is 22.1. The predicted octanol–water partition coefficient (Wildman–Crippen LogP) is 3.14. The molecule has 0 radical (unpaired) electrons. The van der Waals surface area contributed by atoms with Gasteiger partial charge in [0.1, 0.15) is 5.60 Å². The van der Waals surface area contributed by atoms with Crippen LogP contribution in [0.25, 0.3) is 0 Å². The molecule has 1 amide bonds. The third kappa shape index (κ3) is 5.75. The van der Waals surface area contributed by atoms with Gasteiger partial charge in [0.15, 0.2) is 24.7 Å². The van der Waals surface area contributed by atoms with E-state index in [1.807, 2.05) is 26.0 Å². The Kier molecular flexibility index (Phi) is 6.79. The summed E-state index contributed by atoms with van der Waals surface area (Å²) < 4.78 is 21.4. The molecule has 1 aliphatic rings. The molecule has 2 aromatic rings. The maximum absolute atomic E-state index is 12.1. The van der Waals surface area contributed by atoms with Crippen LogP contribution >= 0.6 is 0 Å². The Morgan fingerprint density at radius 3 is 2.58 bits per heavy atom. The summed E-state index contributed by atoms with van der Waals surface area (Å²) in [4.78, 5) is 36.1. The molecular formula is C23H25NO7. The molecule has 0 saturated carbocycles. The van der Waals surface area contributed by atoms with E-state index in [-0.39, 0.29) is 30.1 Å². The molecule has 0 saturated heterocycles. The molecule has 0 fully saturated rings. The molecule has 0 atom stereocenters. The van der Waals surface area contributed by atoms with E-state index in [9.17, 15) is 14.4 Å². The van der Waals surface area contributed by atoms with Gasteiger partial charge in [-0.3, -0.25) is 4.79 Å². The van der Waals surface area contributed by atoms with Gasteiger partial charge in [-0.25, -0.2) is 9.59 Å². The Labute approximate surface area is 180 Å². The topological polar surface area (TPSA) is 100 Å². The lowest BCUT2D eigenvalue weighted by Crippen LogP contribution is -2.25. The van der Waals surface area contributed by atoms with Crippen LogP contribution in [0.1, 0.15) is 36.7 Å². The van der Waals surface area contributed by atoms with Crippen LogP contribution in [0, 0.1) is 0 Å². The first-order valence-corrected chi connectivity index (χ1v) is 9.94. The minimum absolute atomic E-state index is 0.214. The van der Waals surface area contributed by atoms with Gasteiger partial charge >= 0.3 is 11.9 Å². The zero-order valence-corrected chi connectivity index (χ0v) is 17.7. The molecule has 0 aliphatic carbocycles. The molecule has 1 aliphatic heterocycles. The molecule has 1 heterocycles. The average Bonchev–Trinajstić information content (AvgIpc) is 3.05. The fourth-order valence-electron chi connectivity index (χ4n) is 3.19. The summed E-state index contributed by atoms with van der Waals surface area (Å²) in [6.45, 7) is 4.97. The highest BCUT2D eigenvalue weighted by atomic mass is 16.6. The third-order valence-corrected chi connectivity index (χ3v) is 4.46. The fraction of sp³-hybridized carbons (Fsp3) is 0.348. The van der Waals surface area contributed by atoms with E-state index in [0.717, 1.165) is 12.0 Å². The van der Waals surface area contributed by atoms with E-state index in [2.05, 4.69) is 5.32 Å². The van der Waals surface area contributed by atoms with Gasteiger partial charge < -0.3 is 24.3 Å². The van der Waals surface area contributed by atoms with Gasteiger partial charge in [-0.05, 0) is 39.0 Å². The maximum Gasteiger partial charge on any atom is 0.344 e. The SMILES string of the molecule is CCOC(=O)c1ccccc1NC(=O)COC(=O)COc1cccc2c1OC(C)(C)C2. The lowest BCUT2D eigenvalue weighted by atomic mass is 10.0. The summed E-state index contributed by atoms with van der Waals surface area (Å²) in [5.74, 6) is -0.773. The van der Waals surface area contributed by atoms with Crippen molar-refractivity contribution in [3.63, 3.8) is 0 Å². The molecule has 0 unspecified atom stereocenters. The second-order valence-electron chi connectivity index (χ2n) is 7.55. The molecule has 0 aromatic heterocycles. The van der Waals surface area contributed by atoms with E-state index in [4.69, 9.17) is 18.9 Å². The van der Waals surface area contributed by atoms with Crippen molar-refractivity contribution in [2.24, 2.45) is 0 Å². The van der Waals surface area contributed by atoms with E-state index in [1.54, 1.807) is 31.2 Å². The van der Waals surface area contributed by atoms with Crippen LogP contribution in [0.15, 0.2) is 42.5 Å². The summed E-state index contributed by atoms with van der Waals surface area (Å²) >= 11 is 0. The minimum atomic E-state index is -0.705. The highest BCUT2D eigenvalue weighted by Crippen LogP contribution is 2.41. The highest BCUT2D eigenvalue weighted by Gasteiger charge is 2.32. The third-order valence-electron chi connectivity index (χ3n) is 4.46. The number of carbonyl (C=O) groups excluding carboxylic acids is 3. The predicted molar refractivity (Wildman–Crippen MR) is 112 cm³/mol. The van der Waals surface area contributed by atoms with Crippen molar-refractivity contribution in [1.82, 2.24) is 0 Å². The number of amides is 1. The number of rotatable bonds is 8. The van der Waals surface area contributed by atoms with Gasteiger partial charge in [0.2, 0.25) is 0 Å². The van der Waals surface area contributed by atoms with Crippen molar-refractivity contribution >= 4 is 23.5 Å². The van der Waals surface area contributed by atoms with E-state index in [1.165, 1.54) is 6.07 Å². The lowest BCUT2D eigenvalue weighted by molar-refractivity contribution is -0.149. The number of carbonyl (C=O) groups is 3. The molecule has 8 heteroatoms. The van der Waals surface area contributed by atoms with Crippen molar-refractivity contribution in [2.45, 2.75) is 32.8 Å². The summed E-state index contributed by atoms with van der Waals surface area (Å²) in [5.41, 5.74) is 1.17. The van der Waals surface area contributed by atoms with Gasteiger partial charge in [0, 0.05) is 12.0 Å². The summed E-state index contributed by atoms with van der Waals surface area (Å²) in [5, 5.41) is 2.54. The van der Waals surface area contributed by atoms with Crippen molar-refractivity contribution in [1.29, 1.82) is 0 Å². The van der Waals surface area contributed by atoms with Crippen molar-refractivity contribution < 1.29 is 33.3 Å². The number of hydrogen-bond acceptors (Lipinski definition) is 7. The zero-order valence-electron chi connectivity index (χ0n) is 17.7. The number of para-hydroxylation sites is 2. The molecule has 0 bridgehead atoms. The average molecular weight is 427 g/mol. The van der Waals surface area contributed by atoms with Gasteiger partial charge in [0.25, 0.3) is 5.91 Å². The highest BCUT2D eigenvalue weighted by molar-refractivity contribution is 6.01. The van der Waals surface area contributed by atoms with Crippen LogP contribution in [0.5, 0.6) is 11.5 Å². The van der Waals surface area contributed by atoms with Crippen LogP contribution in [0.4, 0.5) is 5.69 Å². The Morgan fingerprint density at radius 1 is 1.03 bits per heavy atom. The summed E-state index contributed by atoms with van der Waals surface area (Å²) in [6, 6.07) is 11.9. The molecular weight excluding hydrogens is 402 g/mol. The zero-order chi connectivity index (χ0) is 22.4. The van der Waals surface area contributed by atoms with Gasteiger partial charge in [-0.15, -0.1) is 0 Å². The molecule has 2 aromatic carbocycles. The van der Waals surface area contributed by atoms with Crippen LogP contribution in [0.3, 0.4) is 0 Å². The summed E-state index contributed by atoms with van der Waals surface area (Å²) in [6.07, 6.45) is 0.747. The molecule has 0 spiro atoms. The molecule has 8 nitrogen and oxygen atoms in total. The summed E-state index contributed by atoms with van der Waals surface area (Å²) in [7, 11) is 0. The van der Waals surface area contributed by atoms with E-state index >= 15 is 0 Å². The van der Waals surface area contributed by atoms with Gasteiger partial charge in [-0.2, -0.15) is 0 Å². The maximum atomic E-state index is 12.1. The number of fused-ring (bicyclic) bond motifs is 1. The second kappa shape index (κ2) is 9.51. The first-order valence-electron chi connectivity index (χ1n) is 9.94. The van der Waals surface area contributed by atoms with Crippen molar-refractivity contribution in [3.8, 4) is 11.5 Å². The molecule has 1 N–H and O–H groups in total. The number of ether oxygens (including phenoxy) is 4. The van der Waals surface area contributed by atoms with Gasteiger partial charge in [0.05, 0.1) is 17.9 Å². The molecule has 31 heavy (non-hydrogen) atoms.